The van der Waals surface area contributed by atoms with Crippen molar-refractivity contribution >= 4 is 0 Å². The molecule has 14 heavy (non-hydrogen) atoms. The highest BCUT2D eigenvalue weighted by atomic mass is 16.3. The van der Waals surface area contributed by atoms with Gasteiger partial charge in [0.15, 0.2) is 0 Å². The van der Waals surface area contributed by atoms with Crippen LogP contribution in [0.3, 0.4) is 0 Å². The van der Waals surface area contributed by atoms with E-state index in [0.717, 1.165) is 24.7 Å². The van der Waals surface area contributed by atoms with Gasteiger partial charge in [0, 0.05) is 0 Å². The zero-order chi connectivity index (χ0) is 10.6. The van der Waals surface area contributed by atoms with Gasteiger partial charge < -0.3 is 5.11 Å². The van der Waals surface area contributed by atoms with Crippen LogP contribution >= 0.6 is 0 Å². The first-order chi connectivity index (χ1) is 6.33. The van der Waals surface area contributed by atoms with Gasteiger partial charge >= 0.3 is 0 Å². The third-order valence-corrected chi connectivity index (χ3v) is 4.96. The van der Waals surface area contributed by atoms with Crippen molar-refractivity contribution in [1.29, 1.82) is 0 Å². The summed E-state index contributed by atoms with van der Waals surface area (Å²) >= 11 is 0. The van der Waals surface area contributed by atoms with Crippen molar-refractivity contribution in [1.82, 2.24) is 0 Å². The van der Waals surface area contributed by atoms with Gasteiger partial charge in [0.05, 0.1) is 6.10 Å². The summed E-state index contributed by atoms with van der Waals surface area (Å²) in [5.41, 5.74) is 0.912. The van der Waals surface area contributed by atoms with Gasteiger partial charge in [-0.15, -0.1) is 0 Å². The Hall–Kier alpha value is -0.0400. The Bertz CT molecular complexity index is 205. The molecule has 0 aromatic heterocycles. The molecule has 82 valence electrons. The summed E-state index contributed by atoms with van der Waals surface area (Å²) in [4.78, 5) is 0. The third kappa shape index (κ3) is 1.50. The van der Waals surface area contributed by atoms with E-state index >= 15 is 0 Å². The van der Waals surface area contributed by atoms with Crippen molar-refractivity contribution in [2.24, 2.45) is 22.7 Å². The van der Waals surface area contributed by atoms with Gasteiger partial charge in [-0.25, -0.2) is 0 Å². The molecule has 2 saturated carbocycles. The Morgan fingerprint density at radius 3 is 1.57 bits per heavy atom. The molecule has 2 fully saturated rings. The summed E-state index contributed by atoms with van der Waals surface area (Å²) in [5.74, 6) is 1.50. The molecule has 1 N–H and O–H groups in total. The lowest BCUT2D eigenvalue weighted by atomic mass is 9.56. The van der Waals surface area contributed by atoms with E-state index in [4.69, 9.17) is 0 Å². The van der Waals surface area contributed by atoms with E-state index in [1.54, 1.807) is 0 Å². The molecule has 0 saturated heterocycles. The minimum Gasteiger partial charge on any atom is -0.393 e. The van der Waals surface area contributed by atoms with Crippen molar-refractivity contribution < 1.29 is 5.11 Å². The Kier molecular flexibility index (Phi) is 2.23. The Morgan fingerprint density at radius 2 is 1.21 bits per heavy atom. The fraction of sp³-hybridized carbons (Fsp3) is 1.00. The van der Waals surface area contributed by atoms with Crippen LogP contribution in [-0.2, 0) is 0 Å². The highest BCUT2D eigenvalue weighted by molar-refractivity contribution is 5.01. The molecule has 2 aliphatic carbocycles. The van der Waals surface area contributed by atoms with Crippen LogP contribution in [-0.4, -0.2) is 11.2 Å². The van der Waals surface area contributed by atoms with Crippen molar-refractivity contribution in [3.8, 4) is 0 Å². The van der Waals surface area contributed by atoms with E-state index in [2.05, 4.69) is 27.7 Å². The van der Waals surface area contributed by atoms with Crippen molar-refractivity contribution in [3.63, 3.8) is 0 Å². The third-order valence-electron chi connectivity index (χ3n) is 4.96. The standard InChI is InChI=1S/C13H24O/c1-12(2)5-6-13(3,4)11-8-9(14)7-10(11)12/h9-11,14H,5-8H2,1-4H3. The summed E-state index contributed by atoms with van der Waals surface area (Å²) in [6.07, 6.45) is 4.71. The molecule has 0 heterocycles. The van der Waals surface area contributed by atoms with Crippen LogP contribution in [0, 0.1) is 22.7 Å². The smallest absolute Gasteiger partial charge is 0.0546 e. The largest absolute Gasteiger partial charge is 0.393 e. The second-order valence-corrected chi connectivity index (χ2v) is 6.82. The maximum absolute atomic E-state index is 9.82. The van der Waals surface area contributed by atoms with Crippen LogP contribution in [0.4, 0.5) is 0 Å². The van der Waals surface area contributed by atoms with E-state index in [0.29, 0.717) is 10.8 Å². The SMILES string of the molecule is CC1(C)CCC(C)(C)C2CC(O)CC21. The van der Waals surface area contributed by atoms with Gasteiger partial charge in [-0.05, 0) is 48.3 Å². The predicted molar refractivity (Wildman–Crippen MR) is 59.0 cm³/mol. The van der Waals surface area contributed by atoms with Crippen molar-refractivity contribution in [3.05, 3.63) is 0 Å². The van der Waals surface area contributed by atoms with E-state index in [1.807, 2.05) is 0 Å². The highest BCUT2D eigenvalue weighted by Gasteiger charge is 2.51. The first-order valence-corrected chi connectivity index (χ1v) is 6.01. The summed E-state index contributed by atoms with van der Waals surface area (Å²) in [6, 6.07) is 0. The van der Waals surface area contributed by atoms with E-state index in [-0.39, 0.29) is 6.10 Å². The number of rotatable bonds is 0. The molecule has 2 atom stereocenters. The number of fused-ring (bicyclic) bond motifs is 1. The minimum atomic E-state index is -0.0263. The summed E-state index contributed by atoms with van der Waals surface area (Å²) in [6.45, 7) is 9.55. The van der Waals surface area contributed by atoms with Crippen LogP contribution in [0.25, 0.3) is 0 Å². The second-order valence-electron chi connectivity index (χ2n) is 6.82. The van der Waals surface area contributed by atoms with Crippen molar-refractivity contribution in [2.75, 3.05) is 0 Å². The average Bonchev–Trinajstić information content (AvgIpc) is 2.44. The van der Waals surface area contributed by atoms with Gasteiger partial charge in [0.25, 0.3) is 0 Å². The monoisotopic (exact) mass is 196 g/mol. The van der Waals surface area contributed by atoms with Crippen molar-refractivity contribution in [2.45, 2.75) is 59.5 Å². The fourth-order valence-electron chi connectivity index (χ4n) is 3.75. The van der Waals surface area contributed by atoms with Gasteiger partial charge in [-0.3, -0.25) is 0 Å². The van der Waals surface area contributed by atoms with Gasteiger partial charge in [0.2, 0.25) is 0 Å². The molecule has 0 aliphatic heterocycles. The second kappa shape index (κ2) is 2.98. The molecular weight excluding hydrogens is 172 g/mol. The molecule has 0 bridgehead atoms. The van der Waals surface area contributed by atoms with E-state index in [1.165, 1.54) is 12.8 Å². The molecule has 1 heteroatoms. The Morgan fingerprint density at radius 1 is 0.857 bits per heavy atom. The number of aliphatic hydroxyl groups excluding tert-OH is 1. The summed E-state index contributed by atoms with van der Waals surface area (Å²) in [5, 5.41) is 9.82. The molecule has 2 aliphatic rings. The topological polar surface area (TPSA) is 20.2 Å². The molecule has 1 nitrogen and oxygen atoms in total. The van der Waals surface area contributed by atoms with Gasteiger partial charge in [0.1, 0.15) is 0 Å². The number of hydrogen-bond donors (Lipinski definition) is 1. The Labute approximate surface area is 87.9 Å². The van der Waals surface area contributed by atoms with Crippen LogP contribution in [0.1, 0.15) is 53.4 Å². The molecule has 0 spiro atoms. The lowest BCUT2D eigenvalue weighted by Gasteiger charge is -2.49. The average molecular weight is 196 g/mol. The maximum Gasteiger partial charge on any atom is 0.0546 e. The molecule has 0 radical (unpaired) electrons. The Balaban J connectivity index is 2.25. The quantitative estimate of drug-likeness (QED) is 0.630. The molecule has 0 aromatic rings. The lowest BCUT2D eigenvalue weighted by molar-refractivity contribution is 0.00181. The maximum atomic E-state index is 9.82. The first kappa shape index (κ1) is 10.5. The number of aliphatic hydroxyl groups is 1. The summed E-state index contributed by atoms with van der Waals surface area (Å²) in [7, 11) is 0. The molecule has 0 amide bonds. The zero-order valence-corrected chi connectivity index (χ0v) is 10.0. The molecular formula is C13H24O. The summed E-state index contributed by atoms with van der Waals surface area (Å²) < 4.78 is 0. The normalized spacial score (nSPS) is 44.8. The molecule has 0 aromatic carbocycles. The minimum absolute atomic E-state index is 0.0263. The number of hydrogen-bond acceptors (Lipinski definition) is 1. The van der Waals surface area contributed by atoms with Crippen LogP contribution in [0.2, 0.25) is 0 Å². The first-order valence-electron chi connectivity index (χ1n) is 6.01. The predicted octanol–water partition coefficient (Wildman–Crippen LogP) is 3.22. The zero-order valence-electron chi connectivity index (χ0n) is 10.0. The van der Waals surface area contributed by atoms with Gasteiger partial charge in [-0.2, -0.15) is 0 Å². The lowest BCUT2D eigenvalue weighted by Crippen LogP contribution is -2.41. The van der Waals surface area contributed by atoms with Crippen LogP contribution < -0.4 is 0 Å². The van der Waals surface area contributed by atoms with Gasteiger partial charge in [-0.1, -0.05) is 27.7 Å². The van der Waals surface area contributed by atoms with Crippen LogP contribution in [0.15, 0.2) is 0 Å². The van der Waals surface area contributed by atoms with Crippen LogP contribution in [0.5, 0.6) is 0 Å². The molecule has 2 unspecified atom stereocenters. The highest BCUT2D eigenvalue weighted by Crippen LogP contribution is 2.58. The fourth-order valence-corrected chi connectivity index (χ4v) is 3.75. The molecule has 2 rings (SSSR count). The van der Waals surface area contributed by atoms with E-state index in [9.17, 15) is 5.11 Å². The van der Waals surface area contributed by atoms with E-state index < -0.39 is 0 Å².